The smallest absolute Gasteiger partial charge is 0.327 e. The van der Waals surface area contributed by atoms with E-state index in [2.05, 4.69) is 30.0 Å². The van der Waals surface area contributed by atoms with Gasteiger partial charge >= 0.3 is 11.9 Å². The molecule has 0 heterocycles. The van der Waals surface area contributed by atoms with E-state index in [9.17, 15) is 9.59 Å². The summed E-state index contributed by atoms with van der Waals surface area (Å²) in [5.74, 6) is -0.663. The molecule has 0 N–H and O–H groups in total. The minimum Gasteiger partial charge on any atom is -0.468 e. The van der Waals surface area contributed by atoms with Gasteiger partial charge in [0.25, 0.3) is 0 Å². The SMILES string of the molecule is COC(=O)C(C)(C=C=C(C1C=CCCC1)C1C=CCCC1)C(=O)OC. The summed E-state index contributed by atoms with van der Waals surface area (Å²) in [5.41, 5.74) is 2.98. The number of hydrogen-bond acceptors (Lipinski definition) is 4. The number of allylic oxidation sites excluding steroid dienone is 4. The van der Waals surface area contributed by atoms with Gasteiger partial charge in [0.1, 0.15) is 0 Å². The van der Waals surface area contributed by atoms with E-state index >= 15 is 0 Å². The summed E-state index contributed by atoms with van der Waals surface area (Å²) in [4.78, 5) is 24.3. The minimum absolute atomic E-state index is 0.303. The van der Waals surface area contributed by atoms with E-state index in [1.165, 1.54) is 27.2 Å². The summed E-state index contributed by atoms with van der Waals surface area (Å²) in [6.45, 7) is 1.52. The molecule has 0 saturated carbocycles. The third-order valence-electron chi connectivity index (χ3n) is 5.05. The van der Waals surface area contributed by atoms with Crippen molar-refractivity contribution in [3.8, 4) is 0 Å². The molecule has 0 bridgehead atoms. The largest absolute Gasteiger partial charge is 0.468 e. The second-order valence-electron chi connectivity index (χ2n) is 6.86. The molecule has 0 aromatic heterocycles. The van der Waals surface area contributed by atoms with Crippen molar-refractivity contribution in [3.05, 3.63) is 41.7 Å². The zero-order valence-corrected chi connectivity index (χ0v) is 15.4. The molecule has 0 fully saturated rings. The summed E-state index contributed by atoms with van der Waals surface area (Å²) in [6.07, 6.45) is 17.1. The monoisotopic (exact) mass is 344 g/mol. The van der Waals surface area contributed by atoms with Crippen molar-refractivity contribution in [1.29, 1.82) is 0 Å². The van der Waals surface area contributed by atoms with Crippen LogP contribution in [0.25, 0.3) is 0 Å². The van der Waals surface area contributed by atoms with Gasteiger partial charge in [0, 0.05) is 11.8 Å². The summed E-state index contributed by atoms with van der Waals surface area (Å²) in [7, 11) is 2.55. The molecule has 2 unspecified atom stereocenters. The second kappa shape index (κ2) is 8.87. The molecular weight excluding hydrogens is 316 g/mol. The van der Waals surface area contributed by atoms with E-state index in [0.717, 1.165) is 44.1 Å². The number of hydrogen-bond donors (Lipinski definition) is 0. The van der Waals surface area contributed by atoms with E-state index in [-0.39, 0.29) is 0 Å². The molecule has 0 aromatic rings. The Morgan fingerprint density at radius 3 is 1.84 bits per heavy atom. The predicted molar refractivity (Wildman–Crippen MR) is 96.7 cm³/mol. The van der Waals surface area contributed by atoms with E-state index in [4.69, 9.17) is 9.47 Å². The number of methoxy groups -OCH3 is 2. The Bertz CT molecular complexity index is 578. The van der Waals surface area contributed by atoms with Crippen molar-refractivity contribution in [2.75, 3.05) is 14.2 Å². The average Bonchev–Trinajstić information content (AvgIpc) is 2.68. The molecular formula is C21H28O4. The third-order valence-corrected chi connectivity index (χ3v) is 5.05. The van der Waals surface area contributed by atoms with Crippen molar-refractivity contribution in [1.82, 2.24) is 0 Å². The Balaban J connectivity index is 2.47. The van der Waals surface area contributed by atoms with Gasteiger partial charge in [0.2, 0.25) is 0 Å². The van der Waals surface area contributed by atoms with Gasteiger partial charge in [0.05, 0.1) is 14.2 Å². The van der Waals surface area contributed by atoms with Gasteiger partial charge < -0.3 is 9.47 Å². The Morgan fingerprint density at radius 1 is 1.00 bits per heavy atom. The van der Waals surface area contributed by atoms with Crippen LogP contribution in [0.2, 0.25) is 0 Å². The van der Waals surface area contributed by atoms with Crippen LogP contribution in [0.3, 0.4) is 0 Å². The Hall–Kier alpha value is -2.06. The highest BCUT2D eigenvalue weighted by Crippen LogP contribution is 2.34. The van der Waals surface area contributed by atoms with Crippen LogP contribution in [0.5, 0.6) is 0 Å². The number of carbonyl (C=O) groups is 2. The van der Waals surface area contributed by atoms with Gasteiger partial charge in [-0.3, -0.25) is 9.59 Å². The van der Waals surface area contributed by atoms with Crippen LogP contribution in [-0.4, -0.2) is 26.2 Å². The quantitative estimate of drug-likeness (QED) is 0.326. The standard InChI is InChI=1S/C21H28O4/c1-21(19(22)24-2,20(23)25-3)15-14-18(16-10-6-4-7-11-16)17-12-8-5-9-13-17/h6,8,10,12,15-17H,4-5,7,9,11,13H2,1-3H3. The lowest BCUT2D eigenvalue weighted by Gasteiger charge is -2.26. The van der Waals surface area contributed by atoms with Gasteiger partial charge in [-0.05, 0) is 57.1 Å². The molecule has 2 rings (SSSR count). The number of carbonyl (C=O) groups excluding carboxylic acids is 2. The number of esters is 2. The first-order valence-corrected chi connectivity index (χ1v) is 9.00. The third kappa shape index (κ3) is 4.52. The molecule has 0 spiro atoms. The summed E-state index contributed by atoms with van der Waals surface area (Å²) in [5, 5.41) is 0. The van der Waals surface area contributed by atoms with E-state index in [1.54, 1.807) is 0 Å². The van der Waals surface area contributed by atoms with Crippen molar-refractivity contribution < 1.29 is 19.1 Å². The first-order chi connectivity index (χ1) is 12.0. The molecule has 2 atom stereocenters. The molecule has 0 saturated heterocycles. The molecule has 0 aliphatic heterocycles. The fourth-order valence-corrected chi connectivity index (χ4v) is 3.48. The van der Waals surface area contributed by atoms with E-state index in [1.807, 2.05) is 0 Å². The lowest BCUT2D eigenvalue weighted by Crippen LogP contribution is -2.36. The molecule has 136 valence electrons. The minimum atomic E-state index is -1.48. The van der Waals surface area contributed by atoms with Crippen molar-refractivity contribution in [2.24, 2.45) is 17.3 Å². The maximum atomic E-state index is 12.2. The molecule has 2 aliphatic rings. The summed E-state index contributed by atoms with van der Waals surface area (Å²) in [6, 6.07) is 0. The molecule has 4 heteroatoms. The second-order valence-corrected chi connectivity index (χ2v) is 6.86. The maximum absolute atomic E-state index is 12.2. The average molecular weight is 344 g/mol. The number of rotatable bonds is 5. The van der Waals surface area contributed by atoms with E-state index < -0.39 is 17.4 Å². The van der Waals surface area contributed by atoms with Crippen LogP contribution in [0.4, 0.5) is 0 Å². The van der Waals surface area contributed by atoms with Crippen LogP contribution in [0.1, 0.15) is 45.4 Å². The van der Waals surface area contributed by atoms with Crippen LogP contribution < -0.4 is 0 Å². The molecule has 0 aromatic carbocycles. The fraction of sp³-hybridized carbons (Fsp3) is 0.571. The fourth-order valence-electron chi connectivity index (χ4n) is 3.48. The highest BCUT2D eigenvalue weighted by molar-refractivity contribution is 6.01. The Morgan fingerprint density at radius 2 is 1.48 bits per heavy atom. The number of ether oxygens (including phenoxy) is 2. The summed E-state index contributed by atoms with van der Waals surface area (Å²) < 4.78 is 9.63. The Labute approximate surface area is 150 Å². The van der Waals surface area contributed by atoms with Gasteiger partial charge in [0.15, 0.2) is 5.41 Å². The lowest BCUT2D eigenvalue weighted by atomic mass is 9.78. The molecule has 4 nitrogen and oxygen atoms in total. The molecule has 0 radical (unpaired) electrons. The highest BCUT2D eigenvalue weighted by Gasteiger charge is 2.41. The zero-order valence-electron chi connectivity index (χ0n) is 15.4. The van der Waals surface area contributed by atoms with E-state index in [0.29, 0.717) is 11.8 Å². The van der Waals surface area contributed by atoms with Crippen LogP contribution in [-0.2, 0) is 19.1 Å². The first-order valence-electron chi connectivity index (χ1n) is 9.00. The van der Waals surface area contributed by atoms with Crippen molar-refractivity contribution in [2.45, 2.75) is 45.4 Å². The molecule has 25 heavy (non-hydrogen) atoms. The predicted octanol–water partition coefficient (Wildman–Crippen LogP) is 4.13. The zero-order chi connectivity index (χ0) is 18.3. The van der Waals surface area contributed by atoms with Crippen LogP contribution in [0.15, 0.2) is 41.7 Å². The Kier molecular flexibility index (Phi) is 6.83. The first kappa shape index (κ1) is 19.3. The van der Waals surface area contributed by atoms with Gasteiger partial charge in [-0.1, -0.05) is 24.3 Å². The highest BCUT2D eigenvalue weighted by atomic mass is 16.5. The van der Waals surface area contributed by atoms with Crippen LogP contribution in [0, 0.1) is 17.3 Å². The summed E-state index contributed by atoms with van der Waals surface area (Å²) >= 11 is 0. The van der Waals surface area contributed by atoms with Crippen molar-refractivity contribution >= 4 is 11.9 Å². The normalized spacial score (nSPS) is 22.7. The maximum Gasteiger partial charge on any atom is 0.327 e. The lowest BCUT2D eigenvalue weighted by molar-refractivity contribution is -0.163. The van der Waals surface area contributed by atoms with Crippen molar-refractivity contribution in [3.63, 3.8) is 0 Å². The van der Waals surface area contributed by atoms with Gasteiger partial charge in [-0.25, -0.2) is 0 Å². The molecule has 2 aliphatic carbocycles. The van der Waals surface area contributed by atoms with Gasteiger partial charge in [-0.2, -0.15) is 0 Å². The van der Waals surface area contributed by atoms with Crippen LogP contribution >= 0.6 is 0 Å². The molecule has 0 amide bonds. The van der Waals surface area contributed by atoms with Gasteiger partial charge in [-0.15, -0.1) is 5.73 Å². The topological polar surface area (TPSA) is 52.6 Å².